The minimum atomic E-state index is -0.133. The number of carbonyl (C=O) groups is 1. The molecule has 2 rings (SSSR count). The van der Waals surface area contributed by atoms with Gasteiger partial charge in [0, 0.05) is 16.2 Å². The van der Waals surface area contributed by atoms with Crippen LogP contribution in [0.25, 0.3) is 0 Å². The maximum absolute atomic E-state index is 12.0. The molecule has 0 aliphatic heterocycles. The Bertz CT molecular complexity index is 583. The summed E-state index contributed by atoms with van der Waals surface area (Å²) in [7, 11) is 1.59. The molecule has 1 heterocycles. The van der Waals surface area contributed by atoms with Gasteiger partial charge in [-0.2, -0.15) is 0 Å². The number of hydrogen-bond acceptors (Lipinski definition) is 3. The van der Waals surface area contributed by atoms with Crippen molar-refractivity contribution in [2.75, 3.05) is 12.4 Å². The summed E-state index contributed by atoms with van der Waals surface area (Å²) in [5.41, 5.74) is 0.691. The summed E-state index contributed by atoms with van der Waals surface area (Å²) in [6.45, 7) is 0. The molecular weight excluding hydrogens is 382 g/mol. The van der Waals surface area contributed by atoms with E-state index in [2.05, 4.69) is 37.2 Å². The highest BCUT2D eigenvalue weighted by Crippen LogP contribution is 2.26. The van der Waals surface area contributed by atoms with Crippen LogP contribution in [0.15, 0.2) is 38.6 Å². The van der Waals surface area contributed by atoms with Gasteiger partial charge in [-0.3, -0.25) is 4.79 Å². The Morgan fingerprint density at radius 1 is 1.28 bits per heavy atom. The lowest BCUT2D eigenvalue weighted by Gasteiger charge is -2.07. The van der Waals surface area contributed by atoms with E-state index in [1.807, 2.05) is 18.2 Å². The van der Waals surface area contributed by atoms with Crippen molar-refractivity contribution < 1.29 is 9.53 Å². The van der Waals surface area contributed by atoms with E-state index in [9.17, 15) is 4.79 Å². The molecule has 2 aromatic rings. The molecule has 0 fully saturated rings. The Morgan fingerprint density at radius 2 is 2.06 bits per heavy atom. The summed E-state index contributed by atoms with van der Waals surface area (Å²) in [4.78, 5) is 12.6. The zero-order valence-electron chi connectivity index (χ0n) is 9.37. The van der Waals surface area contributed by atoms with Gasteiger partial charge in [0.25, 0.3) is 5.91 Å². The number of nitrogens with one attached hydrogen (secondary N) is 1. The Balaban J connectivity index is 2.18. The van der Waals surface area contributed by atoms with Crippen molar-refractivity contribution in [3.63, 3.8) is 0 Å². The fourth-order valence-corrected chi connectivity index (χ4v) is 3.14. The SMILES string of the molecule is COc1cc(Br)cc(NC(=O)c2ccc(Br)s2)c1. The molecule has 0 saturated carbocycles. The van der Waals surface area contributed by atoms with Crippen molar-refractivity contribution in [3.05, 3.63) is 43.5 Å². The Hall–Kier alpha value is -0.850. The van der Waals surface area contributed by atoms with Crippen LogP contribution < -0.4 is 10.1 Å². The number of halogens is 2. The van der Waals surface area contributed by atoms with Crippen LogP contribution in [-0.4, -0.2) is 13.0 Å². The molecule has 6 heteroatoms. The van der Waals surface area contributed by atoms with E-state index in [4.69, 9.17) is 4.74 Å². The lowest BCUT2D eigenvalue weighted by Crippen LogP contribution is -2.10. The summed E-state index contributed by atoms with van der Waals surface area (Å²) in [5.74, 6) is 0.554. The number of anilines is 1. The van der Waals surface area contributed by atoms with Crippen LogP contribution in [0.2, 0.25) is 0 Å². The van der Waals surface area contributed by atoms with E-state index < -0.39 is 0 Å². The quantitative estimate of drug-likeness (QED) is 0.835. The molecule has 0 aliphatic rings. The van der Waals surface area contributed by atoms with Crippen molar-refractivity contribution in [1.82, 2.24) is 0 Å². The number of thiophene rings is 1. The third-order valence-electron chi connectivity index (χ3n) is 2.16. The molecule has 0 radical (unpaired) electrons. The predicted octanol–water partition coefficient (Wildman–Crippen LogP) is 4.53. The minimum absolute atomic E-state index is 0.133. The molecule has 0 saturated heterocycles. The molecule has 3 nitrogen and oxygen atoms in total. The zero-order valence-corrected chi connectivity index (χ0v) is 13.4. The molecule has 0 spiro atoms. The molecule has 0 bridgehead atoms. The molecule has 0 aliphatic carbocycles. The van der Waals surface area contributed by atoms with Crippen LogP contribution in [0.4, 0.5) is 5.69 Å². The molecule has 0 atom stereocenters. The van der Waals surface area contributed by atoms with Gasteiger partial charge in [0.1, 0.15) is 5.75 Å². The largest absolute Gasteiger partial charge is 0.497 e. The highest BCUT2D eigenvalue weighted by Gasteiger charge is 2.09. The van der Waals surface area contributed by atoms with E-state index in [1.54, 1.807) is 19.2 Å². The smallest absolute Gasteiger partial charge is 0.265 e. The summed E-state index contributed by atoms with van der Waals surface area (Å²) >= 11 is 8.09. The van der Waals surface area contributed by atoms with Crippen molar-refractivity contribution in [2.45, 2.75) is 0 Å². The van der Waals surface area contributed by atoms with Gasteiger partial charge in [0.2, 0.25) is 0 Å². The first-order valence-electron chi connectivity index (χ1n) is 5.00. The molecule has 1 amide bonds. The topological polar surface area (TPSA) is 38.3 Å². The predicted molar refractivity (Wildman–Crippen MR) is 80.7 cm³/mol. The van der Waals surface area contributed by atoms with Gasteiger partial charge >= 0.3 is 0 Å². The van der Waals surface area contributed by atoms with Crippen LogP contribution in [-0.2, 0) is 0 Å². The zero-order chi connectivity index (χ0) is 13.1. The summed E-state index contributed by atoms with van der Waals surface area (Å²) in [6, 6.07) is 9.05. The second-order valence-corrected chi connectivity index (χ2v) is 6.82. The summed E-state index contributed by atoms with van der Waals surface area (Å²) in [5, 5.41) is 2.83. The van der Waals surface area contributed by atoms with Crippen LogP contribution in [0.3, 0.4) is 0 Å². The number of benzene rings is 1. The maximum Gasteiger partial charge on any atom is 0.265 e. The van der Waals surface area contributed by atoms with Crippen LogP contribution in [0.1, 0.15) is 9.67 Å². The first kappa shape index (κ1) is 13.6. The monoisotopic (exact) mass is 389 g/mol. The van der Waals surface area contributed by atoms with Crippen molar-refractivity contribution in [2.24, 2.45) is 0 Å². The lowest BCUT2D eigenvalue weighted by molar-refractivity contribution is 0.103. The molecule has 94 valence electrons. The van der Waals surface area contributed by atoms with E-state index >= 15 is 0 Å². The van der Waals surface area contributed by atoms with Crippen molar-refractivity contribution in [1.29, 1.82) is 0 Å². The first-order chi connectivity index (χ1) is 8.58. The van der Waals surface area contributed by atoms with Crippen LogP contribution in [0.5, 0.6) is 5.75 Å². The van der Waals surface area contributed by atoms with Gasteiger partial charge < -0.3 is 10.1 Å². The molecule has 1 aromatic carbocycles. The van der Waals surface area contributed by atoms with Gasteiger partial charge in [-0.15, -0.1) is 11.3 Å². The van der Waals surface area contributed by atoms with Gasteiger partial charge in [0.05, 0.1) is 15.8 Å². The highest BCUT2D eigenvalue weighted by atomic mass is 79.9. The normalized spacial score (nSPS) is 10.2. The van der Waals surface area contributed by atoms with Gasteiger partial charge in [0.15, 0.2) is 0 Å². The summed E-state index contributed by atoms with van der Waals surface area (Å²) < 4.78 is 6.92. The second kappa shape index (κ2) is 5.86. The van der Waals surface area contributed by atoms with E-state index in [0.29, 0.717) is 16.3 Å². The number of carbonyl (C=O) groups excluding carboxylic acids is 1. The maximum atomic E-state index is 12.0. The van der Waals surface area contributed by atoms with Gasteiger partial charge in [-0.05, 0) is 40.2 Å². The third kappa shape index (κ3) is 3.34. The molecule has 18 heavy (non-hydrogen) atoms. The molecule has 1 aromatic heterocycles. The average Bonchev–Trinajstić information content (AvgIpc) is 2.75. The van der Waals surface area contributed by atoms with Crippen LogP contribution in [0, 0.1) is 0 Å². The Kier molecular flexibility index (Phi) is 4.42. The highest BCUT2D eigenvalue weighted by molar-refractivity contribution is 9.11. The van der Waals surface area contributed by atoms with E-state index in [1.165, 1.54) is 11.3 Å². The fraction of sp³-hybridized carbons (Fsp3) is 0.0833. The number of ether oxygens (including phenoxy) is 1. The number of rotatable bonds is 3. The Labute approximate surface area is 125 Å². The molecule has 0 unspecified atom stereocenters. The van der Waals surface area contributed by atoms with E-state index in [-0.39, 0.29) is 5.91 Å². The number of methoxy groups -OCH3 is 1. The standard InChI is InChI=1S/C12H9Br2NO2S/c1-17-9-5-7(13)4-8(6-9)15-12(16)10-2-3-11(14)18-10/h2-6H,1H3,(H,15,16). The first-order valence-corrected chi connectivity index (χ1v) is 7.40. The summed E-state index contributed by atoms with van der Waals surface area (Å²) in [6.07, 6.45) is 0. The molecule has 1 N–H and O–H groups in total. The minimum Gasteiger partial charge on any atom is -0.497 e. The van der Waals surface area contributed by atoms with E-state index in [0.717, 1.165) is 8.26 Å². The molecular formula is C12H9Br2NO2S. The van der Waals surface area contributed by atoms with Gasteiger partial charge in [-0.25, -0.2) is 0 Å². The Morgan fingerprint density at radius 3 is 2.67 bits per heavy atom. The van der Waals surface area contributed by atoms with Crippen molar-refractivity contribution in [3.8, 4) is 5.75 Å². The number of hydrogen-bond donors (Lipinski definition) is 1. The third-order valence-corrected chi connectivity index (χ3v) is 4.24. The van der Waals surface area contributed by atoms with Crippen molar-refractivity contribution >= 4 is 54.8 Å². The fourth-order valence-electron chi connectivity index (χ4n) is 1.38. The van der Waals surface area contributed by atoms with Gasteiger partial charge in [-0.1, -0.05) is 15.9 Å². The number of amides is 1. The van der Waals surface area contributed by atoms with Crippen LogP contribution >= 0.6 is 43.2 Å². The lowest BCUT2D eigenvalue weighted by atomic mass is 10.3. The second-order valence-electron chi connectivity index (χ2n) is 3.44. The average molecular weight is 391 g/mol.